The molecule has 0 saturated carbocycles. The van der Waals surface area contributed by atoms with Crippen molar-refractivity contribution in [2.75, 3.05) is 13.2 Å². The smallest absolute Gasteiger partial charge is 0.263 e. The van der Waals surface area contributed by atoms with E-state index >= 15 is 0 Å². The highest BCUT2D eigenvalue weighted by molar-refractivity contribution is 7.17. The Morgan fingerprint density at radius 3 is 2.68 bits per heavy atom. The van der Waals surface area contributed by atoms with E-state index in [1.807, 2.05) is 41.5 Å². The van der Waals surface area contributed by atoms with Crippen LogP contribution in [0.25, 0.3) is 21.3 Å². The highest BCUT2D eigenvalue weighted by Gasteiger charge is 2.30. The first kappa shape index (κ1) is 22.3. The van der Waals surface area contributed by atoms with Gasteiger partial charge in [0.25, 0.3) is 5.56 Å². The Hall–Kier alpha value is -3.52. The monoisotopic (exact) mass is 477 g/mol. The fourth-order valence-corrected chi connectivity index (χ4v) is 5.43. The lowest BCUT2D eigenvalue weighted by atomic mass is 10.0. The zero-order valence-electron chi connectivity index (χ0n) is 18.7. The number of likely N-dealkylation sites (tertiary alicyclic amines) is 1. The first-order valence-corrected chi connectivity index (χ1v) is 12.2. The van der Waals surface area contributed by atoms with Gasteiger partial charge in [-0.05, 0) is 55.2 Å². The molecule has 2 aromatic carbocycles. The number of carbonyl (C=O) groups excluding carboxylic acids is 1. The third kappa shape index (κ3) is 4.21. The molecule has 0 bridgehead atoms. The molecule has 6 nitrogen and oxygen atoms in total. The first-order valence-electron chi connectivity index (χ1n) is 11.3. The molecule has 8 heteroatoms. The second-order valence-electron chi connectivity index (χ2n) is 8.26. The molecule has 3 heterocycles. The molecule has 1 atom stereocenters. The molecule has 2 aromatic heterocycles. The van der Waals surface area contributed by atoms with Gasteiger partial charge < -0.3 is 9.64 Å². The van der Waals surface area contributed by atoms with Crippen molar-refractivity contribution >= 4 is 27.5 Å². The third-order valence-corrected chi connectivity index (χ3v) is 7.06. The van der Waals surface area contributed by atoms with E-state index in [1.54, 1.807) is 12.1 Å². The highest BCUT2D eigenvalue weighted by atomic mass is 32.1. The van der Waals surface area contributed by atoms with Crippen LogP contribution in [0, 0.1) is 5.82 Å². The van der Waals surface area contributed by atoms with Crippen LogP contribution in [0.4, 0.5) is 4.39 Å². The predicted octanol–water partition coefficient (Wildman–Crippen LogP) is 5.03. The van der Waals surface area contributed by atoms with Crippen LogP contribution in [0.3, 0.4) is 0 Å². The number of thiophene rings is 1. The summed E-state index contributed by atoms with van der Waals surface area (Å²) in [4.78, 5) is 33.4. The Bertz CT molecular complexity index is 1380. The molecule has 1 saturated heterocycles. The summed E-state index contributed by atoms with van der Waals surface area (Å²) in [7, 11) is 0. The molecule has 5 rings (SSSR count). The van der Waals surface area contributed by atoms with Crippen LogP contribution in [0.2, 0.25) is 0 Å². The van der Waals surface area contributed by atoms with Crippen molar-refractivity contribution in [1.29, 1.82) is 0 Å². The summed E-state index contributed by atoms with van der Waals surface area (Å²) in [6, 6.07) is 13.9. The SMILES string of the molecule is CCOc1ccc([C@@H]2CCCN2C(=O)Cn2cnc3scc(-c4ccc(F)cc4)c3c2=O)cc1. The van der Waals surface area contributed by atoms with Gasteiger partial charge >= 0.3 is 0 Å². The molecule has 1 aliphatic heterocycles. The lowest BCUT2D eigenvalue weighted by molar-refractivity contribution is -0.132. The fourth-order valence-electron chi connectivity index (χ4n) is 4.52. The van der Waals surface area contributed by atoms with E-state index in [-0.39, 0.29) is 29.9 Å². The van der Waals surface area contributed by atoms with Crippen LogP contribution in [-0.4, -0.2) is 33.5 Å². The molecule has 0 unspecified atom stereocenters. The molecule has 0 aliphatic carbocycles. The molecular formula is C26H24FN3O3S. The Balaban J connectivity index is 1.40. The lowest BCUT2D eigenvalue weighted by Gasteiger charge is -2.25. The number of hydrogen-bond donors (Lipinski definition) is 0. The van der Waals surface area contributed by atoms with Crippen molar-refractivity contribution in [3.8, 4) is 16.9 Å². The minimum absolute atomic E-state index is 0.0218. The van der Waals surface area contributed by atoms with Gasteiger partial charge in [0.2, 0.25) is 5.91 Å². The number of carbonyl (C=O) groups is 1. The van der Waals surface area contributed by atoms with E-state index in [0.29, 0.717) is 28.9 Å². The maximum absolute atomic E-state index is 13.4. The molecule has 1 fully saturated rings. The summed E-state index contributed by atoms with van der Waals surface area (Å²) in [6.07, 6.45) is 3.23. The molecule has 0 radical (unpaired) electrons. The number of halogens is 1. The molecule has 1 amide bonds. The number of benzene rings is 2. The maximum atomic E-state index is 13.4. The summed E-state index contributed by atoms with van der Waals surface area (Å²) >= 11 is 1.36. The van der Waals surface area contributed by atoms with Gasteiger partial charge in [0, 0.05) is 17.5 Å². The largest absolute Gasteiger partial charge is 0.494 e. The van der Waals surface area contributed by atoms with E-state index in [9.17, 15) is 14.0 Å². The predicted molar refractivity (Wildman–Crippen MR) is 131 cm³/mol. The van der Waals surface area contributed by atoms with Crippen molar-refractivity contribution in [1.82, 2.24) is 14.5 Å². The summed E-state index contributed by atoms with van der Waals surface area (Å²) < 4.78 is 20.3. The van der Waals surface area contributed by atoms with Crippen LogP contribution in [0.15, 0.2) is 65.0 Å². The normalized spacial score (nSPS) is 15.7. The van der Waals surface area contributed by atoms with Crippen molar-refractivity contribution in [2.24, 2.45) is 0 Å². The van der Waals surface area contributed by atoms with Gasteiger partial charge in [0.05, 0.1) is 24.4 Å². The summed E-state index contributed by atoms with van der Waals surface area (Å²) in [6.45, 7) is 3.13. The maximum Gasteiger partial charge on any atom is 0.263 e. The van der Waals surface area contributed by atoms with Gasteiger partial charge in [-0.3, -0.25) is 14.2 Å². The van der Waals surface area contributed by atoms with Crippen LogP contribution in [0.1, 0.15) is 31.4 Å². The van der Waals surface area contributed by atoms with Crippen molar-refractivity contribution in [2.45, 2.75) is 32.4 Å². The number of amides is 1. The van der Waals surface area contributed by atoms with Gasteiger partial charge in [-0.1, -0.05) is 24.3 Å². The Labute approximate surface area is 200 Å². The molecular weight excluding hydrogens is 453 g/mol. The molecule has 34 heavy (non-hydrogen) atoms. The number of fused-ring (bicyclic) bond motifs is 1. The van der Waals surface area contributed by atoms with Gasteiger partial charge in [-0.15, -0.1) is 11.3 Å². The van der Waals surface area contributed by atoms with Crippen LogP contribution in [-0.2, 0) is 11.3 Å². The first-order chi connectivity index (χ1) is 16.5. The summed E-state index contributed by atoms with van der Waals surface area (Å²) in [5.74, 6) is 0.357. The van der Waals surface area contributed by atoms with E-state index in [0.717, 1.165) is 29.7 Å². The second-order valence-corrected chi connectivity index (χ2v) is 9.12. The molecule has 174 valence electrons. The molecule has 4 aromatic rings. The average Bonchev–Trinajstić information content (AvgIpc) is 3.50. The van der Waals surface area contributed by atoms with Crippen molar-refractivity contribution in [3.05, 3.63) is 82.0 Å². The lowest BCUT2D eigenvalue weighted by Crippen LogP contribution is -2.36. The summed E-state index contributed by atoms with van der Waals surface area (Å²) in [5.41, 5.74) is 2.24. The molecule has 0 spiro atoms. The number of aromatic nitrogens is 2. The Morgan fingerprint density at radius 2 is 1.94 bits per heavy atom. The standard InChI is InChI=1S/C26H24FN3O3S/c1-2-33-20-11-7-18(8-12-20)22-4-3-13-30(22)23(31)14-29-16-28-25-24(26(29)32)21(15-34-25)17-5-9-19(27)10-6-17/h5-12,15-16,22H,2-4,13-14H2,1H3/t22-/m0/s1. The summed E-state index contributed by atoms with van der Waals surface area (Å²) in [5, 5.41) is 2.30. The number of rotatable bonds is 6. The van der Waals surface area contributed by atoms with Gasteiger partial charge in [-0.2, -0.15) is 0 Å². The van der Waals surface area contributed by atoms with E-state index in [2.05, 4.69) is 4.98 Å². The van der Waals surface area contributed by atoms with Crippen molar-refractivity contribution in [3.63, 3.8) is 0 Å². The van der Waals surface area contributed by atoms with E-state index in [1.165, 1.54) is 34.4 Å². The zero-order chi connectivity index (χ0) is 23.7. The van der Waals surface area contributed by atoms with Crippen molar-refractivity contribution < 1.29 is 13.9 Å². The third-order valence-electron chi connectivity index (χ3n) is 6.17. The fraction of sp³-hybridized carbons (Fsp3) is 0.269. The van der Waals surface area contributed by atoms with Crippen LogP contribution >= 0.6 is 11.3 Å². The number of nitrogens with zero attached hydrogens (tertiary/aromatic N) is 3. The average molecular weight is 478 g/mol. The van der Waals surface area contributed by atoms with Crippen LogP contribution < -0.4 is 10.3 Å². The van der Waals surface area contributed by atoms with E-state index in [4.69, 9.17) is 4.74 Å². The minimum atomic E-state index is -0.336. The topological polar surface area (TPSA) is 64.4 Å². The van der Waals surface area contributed by atoms with Gasteiger partial charge in [0.1, 0.15) is 22.9 Å². The minimum Gasteiger partial charge on any atom is -0.494 e. The zero-order valence-corrected chi connectivity index (χ0v) is 19.6. The molecule has 1 aliphatic rings. The highest BCUT2D eigenvalue weighted by Crippen LogP contribution is 2.33. The van der Waals surface area contributed by atoms with Gasteiger partial charge in [-0.25, -0.2) is 9.37 Å². The Kier molecular flexibility index (Phi) is 6.15. The van der Waals surface area contributed by atoms with E-state index < -0.39 is 0 Å². The number of ether oxygens (including phenoxy) is 1. The Morgan fingerprint density at radius 1 is 1.18 bits per heavy atom. The quantitative estimate of drug-likeness (QED) is 0.391. The second kappa shape index (κ2) is 9.38. The number of hydrogen-bond acceptors (Lipinski definition) is 5. The van der Waals surface area contributed by atoms with Crippen LogP contribution in [0.5, 0.6) is 5.75 Å². The van der Waals surface area contributed by atoms with Gasteiger partial charge in [0.15, 0.2) is 0 Å². The molecule has 0 N–H and O–H groups in total.